The third-order valence-electron chi connectivity index (χ3n) is 5.40. The Hall–Kier alpha value is -2.84. The van der Waals surface area contributed by atoms with E-state index in [4.69, 9.17) is 4.98 Å². The number of rotatable bonds is 5. The number of nitro benzene ring substituents is 1. The molecule has 1 aliphatic heterocycles. The van der Waals surface area contributed by atoms with Gasteiger partial charge < -0.3 is 10.2 Å². The maximum Gasteiger partial charge on any atom is 0.293 e. The number of nitrogens with one attached hydrogen (secondary N) is 2. The van der Waals surface area contributed by atoms with Crippen molar-refractivity contribution in [3.05, 3.63) is 63.1 Å². The van der Waals surface area contributed by atoms with Crippen molar-refractivity contribution < 1.29 is 14.6 Å². The van der Waals surface area contributed by atoms with E-state index >= 15 is 0 Å². The summed E-state index contributed by atoms with van der Waals surface area (Å²) in [5.41, 5.74) is 1.94. The van der Waals surface area contributed by atoms with Crippen molar-refractivity contribution >= 4 is 38.8 Å². The van der Waals surface area contributed by atoms with Crippen molar-refractivity contribution in [2.45, 2.75) is 25.7 Å². The molecule has 1 aromatic heterocycles. The number of amides is 1. The maximum absolute atomic E-state index is 12.6. The number of quaternary nitrogens is 1. The zero-order valence-electron chi connectivity index (χ0n) is 16.2. The van der Waals surface area contributed by atoms with Crippen molar-refractivity contribution in [3.8, 4) is 0 Å². The number of hydrogen-bond acceptors (Lipinski definition) is 5. The third kappa shape index (κ3) is 4.28. The Labute approximate surface area is 172 Å². The normalized spacial score (nSPS) is 19.2. The summed E-state index contributed by atoms with van der Waals surface area (Å²) in [6.45, 7) is 3.83. The summed E-state index contributed by atoms with van der Waals surface area (Å²) < 4.78 is 1.19. The summed E-state index contributed by atoms with van der Waals surface area (Å²) in [5.74, 6) is 0.152. The molecule has 2 N–H and O–H groups in total. The number of para-hydroxylation sites is 2. The highest BCUT2D eigenvalue weighted by molar-refractivity contribution is 7.18. The van der Waals surface area contributed by atoms with Crippen LogP contribution in [0.25, 0.3) is 10.2 Å². The molecule has 2 atom stereocenters. The van der Waals surface area contributed by atoms with E-state index in [1.54, 1.807) is 30.4 Å². The Morgan fingerprint density at radius 2 is 2.14 bits per heavy atom. The molecule has 2 aromatic carbocycles. The minimum absolute atomic E-state index is 0.0700. The number of aromatic nitrogens is 1. The van der Waals surface area contributed by atoms with Gasteiger partial charge >= 0.3 is 0 Å². The fourth-order valence-corrected chi connectivity index (χ4v) is 5.07. The molecule has 1 aliphatic rings. The van der Waals surface area contributed by atoms with Gasteiger partial charge in [0.15, 0.2) is 6.54 Å². The zero-order valence-corrected chi connectivity index (χ0v) is 17.0. The first-order chi connectivity index (χ1) is 14.0. The first kappa shape index (κ1) is 19.5. The topological polar surface area (TPSA) is 89.6 Å². The molecular formula is C21H23N4O3S+. The lowest BCUT2D eigenvalue weighted by Gasteiger charge is -2.28. The molecule has 1 unspecified atom stereocenters. The molecule has 2 heterocycles. The van der Waals surface area contributed by atoms with Crippen LogP contribution in [0.2, 0.25) is 0 Å². The van der Waals surface area contributed by atoms with E-state index < -0.39 is 4.92 Å². The number of nitro groups is 1. The Morgan fingerprint density at radius 1 is 1.31 bits per heavy atom. The average Bonchev–Trinajstić information content (AvgIpc) is 3.14. The summed E-state index contributed by atoms with van der Waals surface area (Å²) in [5, 5.41) is 15.2. The highest BCUT2D eigenvalue weighted by Crippen LogP contribution is 2.30. The van der Waals surface area contributed by atoms with Gasteiger partial charge in [-0.1, -0.05) is 24.3 Å². The molecule has 7 nitrogen and oxygen atoms in total. The van der Waals surface area contributed by atoms with E-state index in [0.717, 1.165) is 36.5 Å². The second-order valence-electron chi connectivity index (χ2n) is 7.51. The summed E-state index contributed by atoms with van der Waals surface area (Å²) >= 11 is 1.73. The molecule has 1 saturated heterocycles. The Bertz CT molecular complexity index is 1030. The Kier molecular flexibility index (Phi) is 5.55. The van der Waals surface area contributed by atoms with Crippen LogP contribution < -0.4 is 10.2 Å². The highest BCUT2D eigenvalue weighted by Gasteiger charge is 2.29. The van der Waals surface area contributed by atoms with E-state index in [-0.39, 0.29) is 11.6 Å². The van der Waals surface area contributed by atoms with Crippen molar-refractivity contribution in [1.82, 2.24) is 4.98 Å². The molecule has 150 valence electrons. The third-order valence-corrected chi connectivity index (χ3v) is 6.60. The van der Waals surface area contributed by atoms with Crippen molar-refractivity contribution in [2.75, 3.05) is 25.0 Å². The largest absolute Gasteiger partial charge is 0.327 e. The predicted octanol–water partition coefficient (Wildman–Crippen LogP) is 2.91. The molecule has 29 heavy (non-hydrogen) atoms. The van der Waals surface area contributed by atoms with E-state index in [9.17, 15) is 14.9 Å². The number of likely N-dealkylation sites (tertiary alicyclic amines) is 1. The summed E-state index contributed by atoms with van der Waals surface area (Å²) in [4.78, 5) is 29.4. The van der Waals surface area contributed by atoms with Crippen LogP contribution in [0.4, 0.5) is 11.4 Å². The average molecular weight is 412 g/mol. The summed E-state index contributed by atoms with van der Waals surface area (Å²) in [6.07, 6.45) is 2.11. The van der Waals surface area contributed by atoms with Gasteiger partial charge in [0.1, 0.15) is 10.7 Å². The second-order valence-corrected chi connectivity index (χ2v) is 8.58. The van der Waals surface area contributed by atoms with Gasteiger partial charge in [-0.15, -0.1) is 11.3 Å². The minimum Gasteiger partial charge on any atom is -0.327 e. The van der Waals surface area contributed by atoms with Crippen LogP contribution in [0.1, 0.15) is 29.3 Å². The van der Waals surface area contributed by atoms with E-state index in [2.05, 4.69) is 11.4 Å². The molecule has 0 aliphatic carbocycles. The van der Waals surface area contributed by atoms with Gasteiger partial charge in [-0.25, -0.2) is 4.98 Å². The molecule has 4 rings (SSSR count). The van der Waals surface area contributed by atoms with Crippen LogP contribution in [0.15, 0.2) is 42.5 Å². The van der Waals surface area contributed by atoms with Crippen LogP contribution in [0.3, 0.4) is 0 Å². The molecular weight excluding hydrogens is 388 g/mol. The number of carbonyl (C=O) groups is 1. The van der Waals surface area contributed by atoms with Crippen LogP contribution in [0, 0.1) is 17.0 Å². The number of aryl methyl sites for hydroxylation is 1. The maximum atomic E-state index is 12.6. The van der Waals surface area contributed by atoms with Gasteiger partial charge in [-0.2, -0.15) is 0 Å². The lowest BCUT2D eigenvalue weighted by Crippen LogP contribution is -3.14. The van der Waals surface area contributed by atoms with E-state index in [1.165, 1.54) is 15.7 Å². The van der Waals surface area contributed by atoms with Crippen LogP contribution in [-0.4, -0.2) is 35.4 Å². The van der Waals surface area contributed by atoms with Gasteiger partial charge in [0.25, 0.3) is 11.6 Å². The van der Waals surface area contributed by atoms with Gasteiger partial charge in [0.2, 0.25) is 0 Å². The van der Waals surface area contributed by atoms with Gasteiger partial charge in [0.05, 0.1) is 34.1 Å². The number of fused-ring (bicyclic) bond motifs is 1. The van der Waals surface area contributed by atoms with Gasteiger partial charge in [0, 0.05) is 6.07 Å². The molecule has 1 amide bonds. The molecule has 0 spiro atoms. The number of nitrogens with zero attached hydrogens (tertiary/aromatic N) is 2. The number of benzene rings is 2. The zero-order chi connectivity index (χ0) is 20.4. The quantitative estimate of drug-likeness (QED) is 0.499. The number of carbonyl (C=O) groups excluding carboxylic acids is 1. The fourth-order valence-electron chi connectivity index (χ4n) is 3.96. The van der Waals surface area contributed by atoms with Gasteiger partial charge in [-0.05, 0) is 37.5 Å². The molecule has 0 saturated carbocycles. The second kappa shape index (κ2) is 8.26. The molecule has 8 heteroatoms. The fraction of sp³-hybridized carbons (Fsp3) is 0.333. The Balaban J connectivity index is 1.43. The van der Waals surface area contributed by atoms with E-state index in [0.29, 0.717) is 23.7 Å². The monoisotopic (exact) mass is 411 g/mol. The van der Waals surface area contributed by atoms with Crippen molar-refractivity contribution in [1.29, 1.82) is 0 Å². The molecule has 0 radical (unpaired) electrons. The lowest BCUT2D eigenvalue weighted by atomic mass is 9.99. The van der Waals surface area contributed by atoms with Crippen molar-refractivity contribution in [2.24, 2.45) is 0 Å². The van der Waals surface area contributed by atoms with Crippen molar-refractivity contribution in [3.63, 3.8) is 0 Å². The molecule has 1 fully saturated rings. The van der Waals surface area contributed by atoms with Crippen LogP contribution in [0.5, 0.6) is 0 Å². The molecule has 3 aromatic rings. The number of anilines is 1. The van der Waals surface area contributed by atoms with Crippen LogP contribution in [-0.2, 0) is 4.79 Å². The first-order valence-electron chi connectivity index (χ1n) is 9.74. The predicted molar refractivity (Wildman–Crippen MR) is 114 cm³/mol. The number of piperidine rings is 1. The molecule has 0 bridgehead atoms. The first-order valence-corrected chi connectivity index (χ1v) is 10.6. The number of hydrogen-bond donors (Lipinski definition) is 2. The standard InChI is InChI=1S/C21H22N4O3S/c1-14-6-4-9-17(25(27)28)20(14)23-19(26)13-24-11-5-7-15(12-24)21-22-16-8-2-3-10-18(16)29-21/h2-4,6,8-10,15H,5,7,11-13H2,1H3,(H,23,26)/p+1/t15-/m0/s1. The van der Waals surface area contributed by atoms with Gasteiger partial charge in [-0.3, -0.25) is 14.9 Å². The lowest BCUT2D eigenvalue weighted by molar-refractivity contribution is -0.898. The Morgan fingerprint density at radius 3 is 2.93 bits per heavy atom. The summed E-state index contributed by atoms with van der Waals surface area (Å²) in [6, 6.07) is 13.0. The van der Waals surface area contributed by atoms with Crippen LogP contribution >= 0.6 is 11.3 Å². The minimum atomic E-state index is -0.459. The van der Waals surface area contributed by atoms with E-state index in [1.807, 2.05) is 18.2 Å². The SMILES string of the molecule is Cc1cccc([N+](=O)[O-])c1NC(=O)C[NH+]1CCC[C@H](c2nc3ccccc3s2)C1. The summed E-state index contributed by atoms with van der Waals surface area (Å²) in [7, 11) is 0. The smallest absolute Gasteiger partial charge is 0.293 e. The number of thiazole rings is 1. The highest BCUT2D eigenvalue weighted by atomic mass is 32.1.